The standard InChI is InChI=1S/C42H26N6/c1-4-13-28(14-5-1)40-44-41(29-15-6-2-7-16-29)46-42(45-40)48-34-21-11-10-20-31(34)32-23-24-33-36-35(25-22-27-17-12-26-43-37(27)36)47(39(33)38(32)48)30-18-8-3-9-19-30/h1-26H. The summed E-state index contributed by atoms with van der Waals surface area (Å²) in [6, 6.07) is 52.3. The van der Waals surface area contributed by atoms with E-state index in [4.69, 9.17) is 19.9 Å². The van der Waals surface area contributed by atoms with Crippen LogP contribution >= 0.6 is 0 Å². The Balaban J connectivity index is 1.42. The molecule has 224 valence electrons. The number of rotatable bonds is 4. The molecular formula is C42H26N6. The van der Waals surface area contributed by atoms with E-state index in [2.05, 4.69) is 94.1 Å². The van der Waals surface area contributed by atoms with Crippen molar-refractivity contribution in [1.29, 1.82) is 0 Å². The molecule has 0 saturated carbocycles. The maximum atomic E-state index is 5.20. The van der Waals surface area contributed by atoms with Gasteiger partial charge in [-0.15, -0.1) is 0 Å². The molecule has 0 atom stereocenters. The second kappa shape index (κ2) is 10.4. The predicted octanol–water partition coefficient (Wildman–Crippen LogP) is 9.95. The van der Waals surface area contributed by atoms with E-state index in [-0.39, 0.29) is 0 Å². The van der Waals surface area contributed by atoms with Crippen LogP contribution in [0.3, 0.4) is 0 Å². The number of aromatic nitrogens is 6. The molecule has 4 heterocycles. The van der Waals surface area contributed by atoms with Crippen LogP contribution in [0.15, 0.2) is 158 Å². The Morgan fingerprint density at radius 2 is 1.04 bits per heavy atom. The smallest absolute Gasteiger partial charge is 0.238 e. The van der Waals surface area contributed by atoms with Crippen molar-refractivity contribution in [3.63, 3.8) is 0 Å². The average molecular weight is 615 g/mol. The maximum Gasteiger partial charge on any atom is 0.238 e. The van der Waals surface area contributed by atoms with Crippen LogP contribution < -0.4 is 0 Å². The van der Waals surface area contributed by atoms with Gasteiger partial charge in [0.15, 0.2) is 11.6 Å². The molecule has 48 heavy (non-hydrogen) atoms. The van der Waals surface area contributed by atoms with Crippen molar-refractivity contribution in [2.24, 2.45) is 0 Å². The number of hydrogen-bond donors (Lipinski definition) is 0. The number of fused-ring (bicyclic) bond motifs is 9. The highest BCUT2D eigenvalue weighted by Gasteiger charge is 2.24. The third kappa shape index (κ3) is 3.93. The fourth-order valence-corrected chi connectivity index (χ4v) is 7.13. The van der Waals surface area contributed by atoms with Crippen LogP contribution in [-0.2, 0) is 0 Å². The lowest BCUT2D eigenvalue weighted by Crippen LogP contribution is -2.07. The molecule has 6 nitrogen and oxygen atoms in total. The number of hydrogen-bond acceptors (Lipinski definition) is 4. The lowest BCUT2D eigenvalue weighted by molar-refractivity contribution is 0.953. The van der Waals surface area contributed by atoms with Gasteiger partial charge in [0.1, 0.15) is 0 Å². The molecule has 4 aromatic heterocycles. The minimum atomic E-state index is 0.564. The second-order valence-corrected chi connectivity index (χ2v) is 11.9. The zero-order chi connectivity index (χ0) is 31.6. The fraction of sp³-hybridized carbons (Fsp3) is 0. The predicted molar refractivity (Wildman–Crippen MR) is 195 cm³/mol. The van der Waals surface area contributed by atoms with Crippen LogP contribution in [0.1, 0.15) is 0 Å². The molecule has 0 radical (unpaired) electrons. The van der Waals surface area contributed by atoms with E-state index in [0.29, 0.717) is 17.6 Å². The van der Waals surface area contributed by atoms with E-state index in [1.807, 2.05) is 72.9 Å². The minimum Gasteiger partial charge on any atom is -0.307 e. The Bertz CT molecular complexity index is 2760. The van der Waals surface area contributed by atoms with Gasteiger partial charge in [-0.3, -0.25) is 9.55 Å². The normalized spacial score (nSPS) is 11.8. The summed E-state index contributed by atoms with van der Waals surface area (Å²) in [6.07, 6.45) is 1.88. The Morgan fingerprint density at radius 3 is 1.77 bits per heavy atom. The van der Waals surface area contributed by atoms with E-state index in [1.165, 1.54) is 0 Å². The van der Waals surface area contributed by atoms with Crippen LogP contribution in [0.4, 0.5) is 0 Å². The van der Waals surface area contributed by atoms with Crippen molar-refractivity contribution in [3.05, 3.63) is 158 Å². The van der Waals surface area contributed by atoms with Gasteiger partial charge >= 0.3 is 0 Å². The Morgan fingerprint density at radius 1 is 0.417 bits per heavy atom. The molecule has 0 unspecified atom stereocenters. The molecule has 0 fully saturated rings. The topological polar surface area (TPSA) is 61.4 Å². The fourth-order valence-electron chi connectivity index (χ4n) is 7.13. The summed E-state index contributed by atoms with van der Waals surface area (Å²) in [5.41, 5.74) is 8.14. The molecule has 0 saturated heterocycles. The highest BCUT2D eigenvalue weighted by molar-refractivity contribution is 6.27. The lowest BCUT2D eigenvalue weighted by Gasteiger charge is -2.13. The molecule has 0 amide bonds. The second-order valence-electron chi connectivity index (χ2n) is 11.9. The largest absolute Gasteiger partial charge is 0.307 e. The molecule has 6 heteroatoms. The van der Waals surface area contributed by atoms with Gasteiger partial charge in [-0.1, -0.05) is 121 Å². The van der Waals surface area contributed by atoms with Gasteiger partial charge in [0, 0.05) is 49.9 Å². The molecule has 6 aromatic carbocycles. The minimum absolute atomic E-state index is 0.564. The molecule has 0 aliphatic carbocycles. The third-order valence-corrected chi connectivity index (χ3v) is 9.20. The van der Waals surface area contributed by atoms with E-state index in [9.17, 15) is 0 Å². The van der Waals surface area contributed by atoms with Crippen molar-refractivity contribution in [1.82, 2.24) is 29.1 Å². The first kappa shape index (κ1) is 26.5. The van der Waals surface area contributed by atoms with Gasteiger partial charge in [-0.2, -0.15) is 9.97 Å². The van der Waals surface area contributed by atoms with Gasteiger partial charge in [0.25, 0.3) is 0 Å². The summed E-state index contributed by atoms with van der Waals surface area (Å²) >= 11 is 0. The average Bonchev–Trinajstić information content (AvgIpc) is 3.69. The number of benzene rings is 6. The number of nitrogens with zero attached hydrogens (tertiary/aromatic N) is 6. The number of para-hydroxylation sites is 2. The quantitative estimate of drug-likeness (QED) is 0.198. The van der Waals surface area contributed by atoms with Crippen molar-refractivity contribution in [3.8, 4) is 34.4 Å². The van der Waals surface area contributed by atoms with Gasteiger partial charge in [-0.25, -0.2) is 4.98 Å². The Labute approximate surface area is 275 Å². The highest BCUT2D eigenvalue weighted by atomic mass is 15.2. The Kier molecular flexibility index (Phi) is 5.77. The molecule has 0 aliphatic heterocycles. The van der Waals surface area contributed by atoms with Crippen LogP contribution in [0.5, 0.6) is 0 Å². The van der Waals surface area contributed by atoms with Crippen LogP contribution in [-0.4, -0.2) is 29.1 Å². The first-order valence-electron chi connectivity index (χ1n) is 16.0. The van der Waals surface area contributed by atoms with Gasteiger partial charge in [0.05, 0.1) is 27.6 Å². The molecule has 0 N–H and O–H groups in total. The van der Waals surface area contributed by atoms with Gasteiger partial charge in [0.2, 0.25) is 5.95 Å². The first-order chi connectivity index (χ1) is 23.8. The summed E-state index contributed by atoms with van der Waals surface area (Å²) in [4.78, 5) is 20.3. The first-order valence-corrected chi connectivity index (χ1v) is 16.0. The molecular weight excluding hydrogens is 589 g/mol. The molecule has 0 spiro atoms. The summed E-state index contributed by atoms with van der Waals surface area (Å²) in [7, 11) is 0. The van der Waals surface area contributed by atoms with Crippen LogP contribution in [0, 0.1) is 0 Å². The van der Waals surface area contributed by atoms with Crippen molar-refractivity contribution in [2.45, 2.75) is 0 Å². The molecule has 0 aliphatic rings. The summed E-state index contributed by atoms with van der Waals surface area (Å²) < 4.78 is 4.59. The summed E-state index contributed by atoms with van der Waals surface area (Å²) in [5.74, 6) is 1.81. The zero-order valence-electron chi connectivity index (χ0n) is 25.7. The number of pyridine rings is 1. The third-order valence-electron chi connectivity index (χ3n) is 9.20. The zero-order valence-corrected chi connectivity index (χ0v) is 25.7. The summed E-state index contributed by atoms with van der Waals surface area (Å²) in [6.45, 7) is 0. The van der Waals surface area contributed by atoms with E-state index >= 15 is 0 Å². The Hall–Kier alpha value is -6.66. The van der Waals surface area contributed by atoms with Gasteiger partial charge < -0.3 is 4.57 Å². The van der Waals surface area contributed by atoms with Crippen molar-refractivity contribution >= 4 is 54.5 Å². The SMILES string of the molecule is c1ccc(-c2nc(-c3ccccc3)nc(-n3c4ccccc4c4ccc5c6c7ncccc7ccc6n(-c6ccccc6)c5c43)n2)cc1. The lowest BCUT2D eigenvalue weighted by atomic mass is 10.1. The van der Waals surface area contributed by atoms with E-state index in [1.54, 1.807) is 0 Å². The van der Waals surface area contributed by atoms with Gasteiger partial charge in [-0.05, 0) is 30.3 Å². The molecule has 10 rings (SSSR count). The monoisotopic (exact) mass is 614 g/mol. The van der Waals surface area contributed by atoms with Crippen molar-refractivity contribution < 1.29 is 0 Å². The maximum absolute atomic E-state index is 5.20. The van der Waals surface area contributed by atoms with E-state index in [0.717, 1.165) is 71.3 Å². The van der Waals surface area contributed by atoms with Crippen LogP contribution in [0.2, 0.25) is 0 Å². The summed E-state index contributed by atoms with van der Waals surface area (Å²) in [5, 5.41) is 5.60. The molecule has 0 bridgehead atoms. The molecule has 10 aromatic rings. The van der Waals surface area contributed by atoms with Crippen LogP contribution in [0.25, 0.3) is 88.9 Å². The highest BCUT2D eigenvalue weighted by Crippen LogP contribution is 2.43. The van der Waals surface area contributed by atoms with Crippen molar-refractivity contribution in [2.75, 3.05) is 0 Å². The van der Waals surface area contributed by atoms with E-state index < -0.39 is 0 Å².